The summed E-state index contributed by atoms with van der Waals surface area (Å²) in [7, 11) is 1.24. The molecule has 1 heterocycles. The number of hydrogen-bond donors (Lipinski definition) is 9. The molecule has 0 saturated carbocycles. The van der Waals surface area contributed by atoms with Crippen LogP contribution in [0.3, 0.4) is 0 Å². The Kier molecular flexibility index (Phi) is 10.7. The van der Waals surface area contributed by atoms with Crippen molar-refractivity contribution in [3.8, 4) is 0 Å². The van der Waals surface area contributed by atoms with Gasteiger partial charge in [0.25, 0.3) is 0 Å². The normalized spacial score (nSPS) is 29.9. The fourth-order valence-corrected chi connectivity index (χ4v) is 3.11. The summed E-state index contributed by atoms with van der Waals surface area (Å²) < 4.78 is 10.9. The number of aliphatic hydroxyl groups is 6. The SMILES string of the molecule is CNC(=O)C(NC(C)=O)C(O)C(OC1OC(CO)C(O)C(O)C1NC(C)=O)C(O)CO. The zero-order valence-electron chi connectivity index (χ0n) is 17.3. The number of ether oxygens (including phenoxy) is 2. The Morgan fingerprint density at radius 1 is 1.06 bits per heavy atom. The molecule has 9 N–H and O–H groups in total. The minimum Gasteiger partial charge on any atom is -0.394 e. The van der Waals surface area contributed by atoms with Crippen LogP contribution >= 0.6 is 0 Å². The van der Waals surface area contributed by atoms with Crippen LogP contribution in [0.15, 0.2) is 0 Å². The van der Waals surface area contributed by atoms with Crippen molar-refractivity contribution < 1.29 is 54.5 Å². The van der Waals surface area contributed by atoms with Crippen molar-refractivity contribution >= 4 is 17.7 Å². The Morgan fingerprint density at radius 3 is 2.13 bits per heavy atom. The molecule has 0 aliphatic carbocycles. The van der Waals surface area contributed by atoms with Crippen molar-refractivity contribution in [1.29, 1.82) is 0 Å². The van der Waals surface area contributed by atoms with E-state index in [1.54, 1.807) is 0 Å². The predicted octanol–water partition coefficient (Wildman–Crippen LogP) is -5.72. The van der Waals surface area contributed by atoms with E-state index in [0.29, 0.717) is 0 Å². The zero-order valence-corrected chi connectivity index (χ0v) is 17.3. The minimum absolute atomic E-state index is 0.641. The van der Waals surface area contributed by atoms with Gasteiger partial charge in [0.05, 0.1) is 13.2 Å². The summed E-state index contributed by atoms with van der Waals surface area (Å²) in [6.07, 6.45) is -11.8. The fraction of sp³-hybridized carbons (Fsp3) is 0.824. The molecule has 1 fully saturated rings. The fourth-order valence-electron chi connectivity index (χ4n) is 3.11. The van der Waals surface area contributed by atoms with Crippen LogP contribution in [0.1, 0.15) is 13.8 Å². The maximum absolute atomic E-state index is 12.1. The zero-order chi connectivity index (χ0) is 23.9. The van der Waals surface area contributed by atoms with Gasteiger partial charge in [-0.1, -0.05) is 0 Å². The van der Waals surface area contributed by atoms with Gasteiger partial charge in [0.2, 0.25) is 17.7 Å². The van der Waals surface area contributed by atoms with Gasteiger partial charge in [-0.2, -0.15) is 0 Å². The van der Waals surface area contributed by atoms with E-state index in [0.717, 1.165) is 13.8 Å². The van der Waals surface area contributed by atoms with Gasteiger partial charge in [-0.25, -0.2) is 0 Å². The van der Waals surface area contributed by atoms with Gasteiger partial charge in [0.15, 0.2) is 6.29 Å². The Balaban J connectivity index is 3.25. The average molecular weight is 453 g/mol. The van der Waals surface area contributed by atoms with E-state index in [4.69, 9.17) is 9.47 Å². The topological polar surface area (TPSA) is 227 Å². The maximum Gasteiger partial charge on any atom is 0.245 e. The van der Waals surface area contributed by atoms with E-state index in [-0.39, 0.29) is 0 Å². The van der Waals surface area contributed by atoms with Crippen LogP contribution in [0.2, 0.25) is 0 Å². The molecule has 9 atom stereocenters. The molecule has 3 amide bonds. The Bertz CT molecular complexity index is 622. The van der Waals surface area contributed by atoms with Crippen LogP contribution in [0, 0.1) is 0 Å². The molecule has 0 aromatic heterocycles. The number of hydrogen-bond acceptors (Lipinski definition) is 11. The van der Waals surface area contributed by atoms with E-state index in [1.165, 1.54) is 7.05 Å². The molecular weight excluding hydrogens is 422 g/mol. The van der Waals surface area contributed by atoms with Crippen LogP contribution < -0.4 is 16.0 Å². The van der Waals surface area contributed by atoms with E-state index < -0.39 is 85.9 Å². The van der Waals surface area contributed by atoms with Crippen LogP contribution in [-0.2, 0) is 23.9 Å². The lowest BCUT2D eigenvalue weighted by molar-refractivity contribution is -0.299. The first-order valence-corrected chi connectivity index (χ1v) is 9.49. The van der Waals surface area contributed by atoms with Crippen molar-refractivity contribution in [3.05, 3.63) is 0 Å². The summed E-state index contributed by atoms with van der Waals surface area (Å²) in [5.74, 6) is -2.17. The highest BCUT2D eigenvalue weighted by Gasteiger charge is 2.48. The van der Waals surface area contributed by atoms with Crippen LogP contribution in [0.4, 0.5) is 0 Å². The molecule has 14 nitrogen and oxygen atoms in total. The minimum atomic E-state index is -1.93. The maximum atomic E-state index is 12.1. The number of carbonyl (C=O) groups excluding carboxylic acids is 3. The number of nitrogens with one attached hydrogen (secondary N) is 3. The van der Waals surface area contributed by atoms with Gasteiger partial charge < -0.3 is 56.1 Å². The van der Waals surface area contributed by atoms with Crippen molar-refractivity contribution in [3.63, 3.8) is 0 Å². The molecule has 1 aliphatic rings. The summed E-state index contributed by atoms with van der Waals surface area (Å²) in [6, 6.07) is -3.02. The third-order valence-corrected chi connectivity index (χ3v) is 4.67. The number of amides is 3. The first-order valence-electron chi connectivity index (χ1n) is 9.49. The number of carbonyl (C=O) groups is 3. The molecule has 9 unspecified atom stereocenters. The number of aliphatic hydroxyl groups excluding tert-OH is 6. The lowest BCUT2D eigenvalue weighted by Gasteiger charge is -2.44. The van der Waals surface area contributed by atoms with Crippen LogP contribution in [0.25, 0.3) is 0 Å². The third kappa shape index (κ3) is 7.05. The summed E-state index contributed by atoms with van der Waals surface area (Å²) in [4.78, 5) is 35.1. The van der Waals surface area contributed by atoms with Crippen LogP contribution in [-0.4, -0.2) is 124 Å². The first-order chi connectivity index (χ1) is 14.5. The van der Waals surface area contributed by atoms with Crippen molar-refractivity contribution in [1.82, 2.24) is 16.0 Å². The molecule has 1 aliphatic heterocycles. The van der Waals surface area contributed by atoms with E-state index in [9.17, 15) is 45.0 Å². The molecular formula is C17H31N3O11. The van der Waals surface area contributed by atoms with Crippen molar-refractivity contribution in [2.45, 2.75) is 68.8 Å². The van der Waals surface area contributed by atoms with E-state index >= 15 is 0 Å². The highest BCUT2D eigenvalue weighted by atomic mass is 16.7. The standard InChI is InChI=1S/C17H31N3O11/c1-6(23)19-10(16(29)18-3)14(28)15(8(25)4-21)31-17-11(20-7(2)24)13(27)12(26)9(5-22)30-17/h8-15,17,21-22,25-28H,4-5H2,1-3H3,(H,18,29)(H,19,23)(H,20,24). The second kappa shape index (κ2) is 12.2. The average Bonchev–Trinajstić information content (AvgIpc) is 2.72. The van der Waals surface area contributed by atoms with Gasteiger partial charge in [0, 0.05) is 20.9 Å². The molecule has 0 aromatic rings. The predicted molar refractivity (Wildman–Crippen MR) is 101 cm³/mol. The molecule has 0 radical (unpaired) electrons. The van der Waals surface area contributed by atoms with Gasteiger partial charge in [-0.05, 0) is 0 Å². The lowest BCUT2D eigenvalue weighted by atomic mass is 9.96. The molecule has 180 valence electrons. The van der Waals surface area contributed by atoms with E-state index in [1.807, 2.05) is 0 Å². The highest BCUT2D eigenvalue weighted by Crippen LogP contribution is 2.25. The van der Waals surface area contributed by atoms with Crippen molar-refractivity contribution in [2.75, 3.05) is 20.3 Å². The summed E-state index contributed by atoms with van der Waals surface area (Å²) >= 11 is 0. The molecule has 0 aromatic carbocycles. The summed E-state index contributed by atoms with van der Waals surface area (Å²) in [5, 5.41) is 66.7. The Labute approximate surface area is 178 Å². The quantitative estimate of drug-likeness (QED) is 0.151. The molecule has 1 rings (SSSR count). The van der Waals surface area contributed by atoms with Gasteiger partial charge >= 0.3 is 0 Å². The Morgan fingerprint density at radius 2 is 1.68 bits per heavy atom. The van der Waals surface area contributed by atoms with Crippen molar-refractivity contribution in [2.24, 2.45) is 0 Å². The second-order valence-corrected chi connectivity index (χ2v) is 7.07. The molecule has 1 saturated heterocycles. The first kappa shape index (κ1) is 27.1. The number of likely N-dealkylation sites (N-methyl/N-ethyl adjacent to an activating group) is 1. The Hall–Kier alpha value is -1.91. The highest BCUT2D eigenvalue weighted by molar-refractivity contribution is 5.87. The molecule has 0 bridgehead atoms. The van der Waals surface area contributed by atoms with Gasteiger partial charge in [-0.15, -0.1) is 0 Å². The lowest BCUT2D eigenvalue weighted by Crippen LogP contribution is -2.67. The summed E-state index contributed by atoms with van der Waals surface area (Å²) in [5.41, 5.74) is 0. The summed E-state index contributed by atoms with van der Waals surface area (Å²) in [6.45, 7) is 0.519. The molecule has 14 heteroatoms. The number of rotatable bonds is 10. The third-order valence-electron chi connectivity index (χ3n) is 4.67. The largest absolute Gasteiger partial charge is 0.394 e. The molecule has 31 heavy (non-hydrogen) atoms. The van der Waals surface area contributed by atoms with Gasteiger partial charge in [0.1, 0.15) is 48.7 Å². The van der Waals surface area contributed by atoms with Crippen LogP contribution in [0.5, 0.6) is 0 Å². The van der Waals surface area contributed by atoms with Gasteiger partial charge in [-0.3, -0.25) is 14.4 Å². The van der Waals surface area contributed by atoms with E-state index in [2.05, 4.69) is 16.0 Å². The smallest absolute Gasteiger partial charge is 0.245 e. The monoisotopic (exact) mass is 453 g/mol. The molecule has 0 spiro atoms. The second-order valence-electron chi connectivity index (χ2n) is 7.07.